The van der Waals surface area contributed by atoms with E-state index in [9.17, 15) is 9.59 Å². The molecule has 0 unspecified atom stereocenters. The molecular formula is C13H16N2O4. The molecule has 0 saturated carbocycles. The van der Waals surface area contributed by atoms with Crippen molar-refractivity contribution in [1.82, 2.24) is 4.98 Å². The molecule has 1 heterocycles. The Balaban J connectivity index is 2.83. The number of hydrogen-bond donors (Lipinski definition) is 1. The lowest BCUT2D eigenvalue weighted by Crippen LogP contribution is -2.19. The molecule has 0 saturated heterocycles. The number of carbonyl (C=O) groups excluding carboxylic acids is 2. The van der Waals surface area contributed by atoms with Crippen LogP contribution in [0.2, 0.25) is 0 Å². The first kappa shape index (κ1) is 14.7. The number of pyridine rings is 1. The molecule has 102 valence electrons. The monoisotopic (exact) mass is 264 g/mol. The van der Waals surface area contributed by atoms with Crippen molar-refractivity contribution in [2.24, 2.45) is 0 Å². The van der Waals surface area contributed by atoms with Crippen molar-refractivity contribution in [2.45, 2.75) is 13.8 Å². The van der Waals surface area contributed by atoms with Crippen molar-refractivity contribution >= 4 is 17.6 Å². The Morgan fingerprint density at radius 1 is 1.26 bits per heavy atom. The van der Waals surface area contributed by atoms with Gasteiger partial charge in [0.05, 0.1) is 25.1 Å². The molecule has 1 N–H and O–H groups in total. The van der Waals surface area contributed by atoms with Gasteiger partial charge in [-0.1, -0.05) is 0 Å². The van der Waals surface area contributed by atoms with Crippen LogP contribution in [0.5, 0.6) is 0 Å². The Bertz CT molecular complexity index is 437. The van der Waals surface area contributed by atoms with Crippen LogP contribution in [0.3, 0.4) is 0 Å². The van der Waals surface area contributed by atoms with Gasteiger partial charge < -0.3 is 14.8 Å². The highest BCUT2D eigenvalue weighted by Gasteiger charge is 2.20. The van der Waals surface area contributed by atoms with Gasteiger partial charge in [0.1, 0.15) is 0 Å². The minimum absolute atomic E-state index is 0.183. The van der Waals surface area contributed by atoms with Crippen LogP contribution in [0.1, 0.15) is 13.8 Å². The molecule has 0 fully saturated rings. The fraction of sp³-hybridized carbons (Fsp3) is 0.308. The van der Waals surface area contributed by atoms with Gasteiger partial charge in [0.15, 0.2) is 5.57 Å². The summed E-state index contributed by atoms with van der Waals surface area (Å²) in [5.41, 5.74) is 0.459. The standard InChI is InChI=1S/C13H16N2O4/c1-3-18-12(16)11(13(17)19-4-2)9-15-10-6-5-7-14-8-10/h5-9,15H,3-4H2,1-2H3. The number of rotatable bonds is 6. The van der Waals surface area contributed by atoms with Crippen LogP contribution in [0.25, 0.3) is 0 Å². The van der Waals surface area contributed by atoms with E-state index in [1.54, 1.807) is 38.4 Å². The summed E-state index contributed by atoms with van der Waals surface area (Å²) in [6, 6.07) is 3.47. The van der Waals surface area contributed by atoms with E-state index in [-0.39, 0.29) is 18.8 Å². The quantitative estimate of drug-likeness (QED) is 0.363. The molecule has 0 bridgehead atoms. The second kappa shape index (κ2) is 7.86. The minimum atomic E-state index is -0.725. The maximum atomic E-state index is 11.6. The summed E-state index contributed by atoms with van der Waals surface area (Å²) >= 11 is 0. The predicted octanol–water partition coefficient (Wildman–Crippen LogP) is 1.50. The van der Waals surface area contributed by atoms with Crippen molar-refractivity contribution in [3.63, 3.8) is 0 Å². The van der Waals surface area contributed by atoms with E-state index < -0.39 is 11.9 Å². The first-order valence-electron chi connectivity index (χ1n) is 5.90. The lowest BCUT2D eigenvalue weighted by molar-refractivity contribution is -0.146. The predicted molar refractivity (Wildman–Crippen MR) is 69.2 cm³/mol. The zero-order valence-electron chi connectivity index (χ0n) is 10.9. The average molecular weight is 264 g/mol. The number of aromatic nitrogens is 1. The van der Waals surface area contributed by atoms with Crippen LogP contribution in [0, 0.1) is 0 Å². The van der Waals surface area contributed by atoms with E-state index in [1.165, 1.54) is 6.20 Å². The maximum absolute atomic E-state index is 11.6. The Morgan fingerprint density at radius 3 is 2.37 bits per heavy atom. The summed E-state index contributed by atoms with van der Waals surface area (Å²) in [6.07, 6.45) is 4.43. The number of anilines is 1. The molecule has 6 heteroatoms. The Kier molecular flexibility index (Phi) is 6.08. The molecule has 0 aromatic carbocycles. The van der Waals surface area contributed by atoms with Gasteiger partial charge >= 0.3 is 11.9 Å². The SMILES string of the molecule is CCOC(=O)C(=CNc1cccnc1)C(=O)OCC. The Morgan fingerprint density at radius 2 is 1.89 bits per heavy atom. The summed E-state index contributed by atoms with van der Waals surface area (Å²) in [7, 11) is 0. The second-order valence-corrected chi connectivity index (χ2v) is 3.38. The molecule has 1 aromatic rings. The van der Waals surface area contributed by atoms with Crippen molar-refractivity contribution in [3.05, 3.63) is 36.3 Å². The van der Waals surface area contributed by atoms with Crippen molar-refractivity contribution < 1.29 is 19.1 Å². The molecular weight excluding hydrogens is 248 g/mol. The lowest BCUT2D eigenvalue weighted by Gasteiger charge is -2.07. The van der Waals surface area contributed by atoms with Crippen LogP contribution in [0.15, 0.2) is 36.3 Å². The highest BCUT2D eigenvalue weighted by atomic mass is 16.6. The largest absolute Gasteiger partial charge is 0.462 e. The van der Waals surface area contributed by atoms with E-state index in [1.807, 2.05) is 0 Å². The summed E-state index contributed by atoms with van der Waals surface area (Å²) in [6.45, 7) is 3.69. The number of carbonyl (C=O) groups is 2. The van der Waals surface area contributed by atoms with E-state index in [2.05, 4.69) is 10.3 Å². The molecule has 0 aliphatic carbocycles. The average Bonchev–Trinajstić information content (AvgIpc) is 2.41. The third kappa shape index (κ3) is 4.79. The van der Waals surface area contributed by atoms with Gasteiger partial charge in [-0.3, -0.25) is 4.98 Å². The molecule has 6 nitrogen and oxygen atoms in total. The van der Waals surface area contributed by atoms with Crippen LogP contribution < -0.4 is 5.32 Å². The highest BCUT2D eigenvalue weighted by Crippen LogP contribution is 2.07. The van der Waals surface area contributed by atoms with Crippen molar-refractivity contribution in [3.8, 4) is 0 Å². The summed E-state index contributed by atoms with van der Waals surface area (Å²) in [5.74, 6) is -1.45. The summed E-state index contributed by atoms with van der Waals surface area (Å²) in [5, 5.41) is 2.80. The molecule has 0 aliphatic rings. The maximum Gasteiger partial charge on any atom is 0.347 e. The van der Waals surface area contributed by atoms with Crippen LogP contribution >= 0.6 is 0 Å². The smallest absolute Gasteiger partial charge is 0.347 e. The van der Waals surface area contributed by atoms with Gasteiger partial charge in [-0.15, -0.1) is 0 Å². The molecule has 0 radical (unpaired) electrons. The third-order valence-electron chi connectivity index (χ3n) is 2.04. The molecule has 0 aliphatic heterocycles. The molecule has 1 aromatic heterocycles. The van der Waals surface area contributed by atoms with E-state index in [0.717, 1.165) is 0 Å². The minimum Gasteiger partial charge on any atom is -0.462 e. The zero-order valence-corrected chi connectivity index (χ0v) is 10.9. The van der Waals surface area contributed by atoms with E-state index in [0.29, 0.717) is 5.69 Å². The number of esters is 2. The first-order valence-corrected chi connectivity index (χ1v) is 5.90. The molecule has 0 spiro atoms. The van der Waals surface area contributed by atoms with Gasteiger partial charge in [0.25, 0.3) is 0 Å². The van der Waals surface area contributed by atoms with Gasteiger partial charge in [-0.05, 0) is 26.0 Å². The third-order valence-corrected chi connectivity index (χ3v) is 2.04. The van der Waals surface area contributed by atoms with Gasteiger partial charge in [0.2, 0.25) is 0 Å². The second-order valence-electron chi connectivity index (χ2n) is 3.38. The van der Waals surface area contributed by atoms with Crippen molar-refractivity contribution in [1.29, 1.82) is 0 Å². The topological polar surface area (TPSA) is 77.5 Å². The van der Waals surface area contributed by atoms with Crippen LogP contribution in [-0.4, -0.2) is 30.1 Å². The summed E-state index contributed by atoms with van der Waals surface area (Å²) in [4.78, 5) is 27.2. The Labute approximate surface area is 111 Å². The number of nitrogens with one attached hydrogen (secondary N) is 1. The van der Waals surface area contributed by atoms with E-state index in [4.69, 9.17) is 9.47 Å². The van der Waals surface area contributed by atoms with Gasteiger partial charge in [0, 0.05) is 12.4 Å². The normalized spacial score (nSPS) is 9.37. The van der Waals surface area contributed by atoms with E-state index >= 15 is 0 Å². The van der Waals surface area contributed by atoms with Gasteiger partial charge in [-0.25, -0.2) is 9.59 Å². The van der Waals surface area contributed by atoms with Crippen LogP contribution in [-0.2, 0) is 19.1 Å². The molecule has 1 rings (SSSR count). The lowest BCUT2D eigenvalue weighted by atomic mass is 10.3. The number of ether oxygens (including phenoxy) is 2. The number of hydrogen-bond acceptors (Lipinski definition) is 6. The summed E-state index contributed by atoms with van der Waals surface area (Å²) < 4.78 is 9.59. The molecule has 19 heavy (non-hydrogen) atoms. The Hall–Kier alpha value is -2.37. The highest BCUT2D eigenvalue weighted by molar-refractivity contribution is 6.14. The first-order chi connectivity index (χ1) is 9.19. The van der Waals surface area contributed by atoms with Gasteiger partial charge in [-0.2, -0.15) is 0 Å². The van der Waals surface area contributed by atoms with Crippen LogP contribution in [0.4, 0.5) is 5.69 Å². The number of nitrogens with zero attached hydrogens (tertiary/aromatic N) is 1. The molecule has 0 atom stereocenters. The fourth-order valence-corrected chi connectivity index (χ4v) is 1.22. The fourth-order valence-electron chi connectivity index (χ4n) is 1.22. The van der Waals surface area contributed by atoms with Crippen molar-refractivity contribution in [2.75, 3.05) is 18.5 Å². The molecule has 0 amide bonds. The zero-order chi connectivity index (χ0) is 14.1.